The van der Waals surface area contributed by atoms with E-state index in [1.807, 2.05) is 32.0 Å². The van der Waals surface area contributed by atoms with Crippen LogP contribution < -0.4 is 14.8 Å². The summed E-state index contributed by atoms with van der Waals surface area (Å²) in [5, 5.41) is 2.89. The summed E-state index contributed by atoms with van der Waals surface area (Å²) in [6.45, 7) is 5.64. The molecule has 0 fully saturated rings. The van der Waals surface area contributed by atoms with E-state index in [9.17, 15) is 13.2 Å². The predicted octanol–water partition coefficient (Wildman–Crippen LogP) is 4.67. The van der Waals surface area contributed by atoms with Gasteiger partial charge in [-0.25, -0.2) is 8.42 Å². The molecule has 0 atom stereocenters. The Morgan fingerprint density at radius 2 is 1.47 bits per heavy atom. The zero-order chi connectivity index (χ0) is 21.9. The van der Waals surface area contributed by atoms with Crippen LogP contribution in [-0.4, -0.2) is 21.4 Å². The van der Waals surface area contributed by atoms with Gasteiger partial charge in [-0.15, -0.1) is 0 Å². The van der Waals surface area contributed by atoms with E-state index in [2.05, 4.69) is 10.0 Å². The first-order chi connectivity index (χ1) is 14.2. The first-order valence-corrected chi connectivity index (χ1v) is 10.8. The Bertz CT molecular complexity index is 1190. The van der Waals surface area contributed by atoms with E-state index in [0.717, 1.165) is 16.8 Å². The van der Waals surface area contributed by atoms with Crippen molar-refractivity contribution in [2.75, 3.05) is 17.1 Å². The molecule has 0 aliphatic carbocycles. The Balaban J connectivity index is 1.85. The van der Waals surface area contributed by atoms with Crippen LogP contribution in [0.1, 0.15) is 27.0 Å². The average molecular weight is 425 g/mol. The maximum absolute atomic E-state index is 12.8. The smallest absolute Gasteiger partial charge is 0.261 e. The SMILES string of the molecule is COc1ccc(S(=O)(=O)Nc2cc(C(=O)Nc3cc(C)ccc3C)ccc2C)cc1. The van der Waals surface area contributed by atoms with Crippen molar-refractivity contribution in [2.24, 2.45) is 0 Å². The van der Waals surface area contributed by atoms with Gasteiger partial charge in [-0.2, -0.15) is 0 Å². The van der Waals surface area contributed by atoms with E-state index in [4.69, 9.17) is 4.74 Å². The van der Waals surface area contributed by atoms with Crippen molar-refractivity contribution in [1.29, 1.82) is 0 Å². The number of carbonyl (C=O) groups is 1. The molecule has 0 aliphatic heterocycles. The number of hydrogen-bond acceptors (Lipinski definition) is 4. The number of aryl methyl sites for hydroxylation is 3. The Labute approximate surface area is 177 Å². The van der Waals surface area contributed by atoms with Crippen LogP contribution in [0.5, 0.6) is 5.75 Å². The van der Waals surface area contributed by atoms with E-state index in [1.54, 1.807) is 31.2 Å². The van der Waals surface area contributed by atoms with Gasteiger partial charge in [0, 0.05) is 11.3 Å². The largest absolute Gasteiger partial charge is 0.497 e. The summed E-state index contributed by atoms with van der Waals surface area (Å²) in [6.07, 6.45) is 0. The highest BCUT2D eigenvalue weighted by Gasteiger charge is 2.17. The minimum absolute atomic E-state index is 0.105. The number of amides is 1. The summed E-state index contributed by atoms with van der Waals surface area (Å²) in [5.41, 5.74) is 4.11. The van der Waals surface area contributed by atoms with Crippen molar-refractivity contribution in [3.8, 4) is 5.75 Å². The minimum atomic E-state index is -3.81. The number of methoxy groups -OCH3 is 1. The van der Waals surface area contributed by atoms with E-state index < -0.39 is 10.0 Å². The highest BCUT2D eigenvalue weighted by molar-refractivity contribution is 7.92. The molecule has 7 heteroatoms. The zero-order valence-electron chi connectivity index (χ0n) is 17.3. The lowest BCUT2D eigenvalue weighted by molar-refractivity contribution is 0.102. The summed E-state index contributed by atoms with van der Waals surface area (Å²) in [5.74, 6) is 0.254. The maximum Gasteiger partial charge on any atom is 0.261 e. The maximum atomic E-state index is 12.8. The quantitative estimate of drug-likeness (QED) is 0.602. The molecule has 6 nitrogen and oxygen atoms in total. The second kappa shape index (κ2) is 8.59. The van der Waals surface area contributed by atoms with Crippen LogP contribution in [0, 0.1) is 20.8 Å². The molecule has 0 spiro atoms. The number of rotatable bonds is 6. The molecule has 0 saturated heterocycles. The van der Waals surface area contributed by atoms with Crippen molar-refractivity contribution in [1.82, 2.24) is 0 Å². The van der Waals surface area contributed by atoms with Crippen molar-refractivity contribution in [3.05, 3.63) is 82.9 Å². The second-order valence-electron chi connectivity index (χ2n) is 7.08. The fourth-order valence-corrected chi connectivity index (χ4v) is 4.02. The van der Waals surface area contributed by atoms with Crippen molar-refractivity contribution in [2.45, 2.75) is 25.7 Å². The molecular weight excluding hydrogens is 400 g/mol. The summed E-state index contributed by atoms with van der Waals surface area (Å²) >= 11 is 0. The third-order valence-electron chi connectivity index (χ3n) is 4.76. The van der Waals surface area contributed by atoms with Crippen LogP contribution in [0.15, 0.2) is 65.6 Å². The minimum Gasteiger partial charge on any atom is -0.497 e. The predicted molar refractivity (Wildman–Crippen MR) is 119 cm³/mol. The van der Waals surface area contributed by atoms with Crippen LogP contribution >= 0.6 is 0 Å². The molecule has 156 valence electrons. The summed E-state index contributed by atoms with van der Waals surface area (Å²) in [4.78, 5) is 12.8. The molecule has 3 aromatic carbocycles. The van der Waals surface area contributed by atoms with E-state index in [-0.39, 0.29) is 10.8 Å². The zero-order valence-corrected chi connectivity index (χ0v) is 18.1. The normalized spacial score (nSPS) is 11.1. The fraction of sp³-hybridized carbons (Fsp3) is 0.174. The molecule has 3 aromatic rings. The number of nitrogens with one attached hydrogen (secondary N) is 2. The van der Waals surface area contributed by atoms with Gasteiger partial charge in [0.25, 0.3) is 15.9 Å². The summed E-state index contributed by atoms with van der Waals surface area (Å²) in [7, 11) is -2.30. The van der Waals surface area contributed by atoms with Gasteiger partial charge in [0.05, 0.1) is 17.7 Å². The topological polar surface area (TPSA) is 84.5 Å². The van der Waals surface area contributed by atoms with Crippen LogP contribution in [0.2, 0.25) is 0 Å². The van der Waals surface area contributed by atoms with Crippen molar-refractivity contribution in [3.63, 3.8) is 0 Å². The molecule has 0 radical (unpaired) electrons. The Morgan fingerprint density at radius 3 is 2.13 bits per heavy atom. The van der Waals surface area contributed by atoms with E-state index in [0.29, 0.717) is 22.6 Å². The van der Waals surface area contributed by atoms with Crippen molar-refractivity contribution >= 4 is 27.3 Å². The monoisotopic (exact) mass is 424 g/mol. The molecule has 30 heavy (non-hydrogen) atoms. The van der Waals surface area contributed by atoms with Gasteiger partial charge in [0.2, 0.25) is 0 Å². The van der Waals surface area contributed by atoms with Gasteiger partial charge >= 0.3 is 0 Å². The van der Waals surface area contributed by atoms with E-state index >= 15 is 0 Å². The van der Waals surface area contributed by atoms with Crippen LogP contribution in [0.4, 0.5) is 11.4 Å². The van der Waals surface area contributed by atoms with Gasteiger partial charge in [0.15, 0.2) is 0 Å². The Hall–Kier alpha value is -3.32. The van der Waals surface area contributed by atoms with Crippen molar-refractivity contribution < 1.29 is 17.9 Å². The Morgan fingerprint density at radius 1 is 0.833 bits per heavy atom. The molecule has 0 aromatic heterocycles. The van der Waals surface area contributed by atoms with Gasteiger partial charge in [-0.05, 0) is 79.9 Å². The third-order valence-corrected chi connectivity index (χ3v) is 6.14. The lowest BCUT2D eigenvalue weighted by Gasteiger charge is -2.14. The standard InChI is InChI=1S/C23H24N2O4S/c1-15-5-6-16(2)21(13-15)24-23(26)18-8-7-17(3)22(14-18)25-30(27,28)20-11-9-19(29-4)10-12-20/h5-14,25H,1-4H3,(H,24,26). The molecule has 0 heterocycles. The molecule has 0 aliphatic rings. The lowest BCUT2D eigenvalue weighted by atomic mass is 10.1. The van der Waals surface area contributed by atoms with Gasteiger partial charge in [-0.3, -0.25) is 9.52 Å². The molecule has 0 bridgehead atoms. The lowest BCUT2D eigenvalue weighted by Crippen LogP contribution is -2.16. The number of sulfonamides is 1. The second-order valence-corrected chi connectivity index (χ2v) is 8.77. The number of carbonyl (C=O) groups excluding carboxylic acids is 1. The molecule has 2 N–H and O–H groups in total. The number of hydrogen-bond donors (Lipinski definition) is 2. The highest BCUT2D eigenvalue weighted by Crippen LogP contribution is 2.24. The molecule has 0 unspecified atom stereocenters. The Kier molecular flexibility index (Phi) is 6.12. The van der Waals surface area contributed by atoms with Crippen LogP contribution in [-0.2, 0) is 10.0 Å². The molecule has 0 saturated carbocycles. The van der Waals surface area contributed by atoms with E-state index in [1.165, 1.54) is 25.3 Å². The molecule has 3 rings (SSSR count). The average Bonchev–Trinajstić information content (AvgIpc) is 2.72. The summed E-state index contributed by atoms with van der Waals surface area (Å²) < 4.78 is 33.1. The van der Waals surface area contributed by atoms with Crippen LogP contribution in [0.25, 0.3) is 0 Å². The summed E-state index contributed by atoms with van der Waals surface area (Å²) in [6, 6.07) is 16.8. The number of benzene rings is 3. The third kappa shape index (κ3) is 4.80. The van der Waals surface area contributed by atoms with Gasteiger partial charge in [-0.1, -0.05) is 18.2 Å². The molecule has 1 amide bonds. The van der Waals surface area contributed by atoms with Crippen LogP contribution in [0.3, 0.4) is 0 Å². The molecular formula is C23H24N2O4S. The van der Waals surface area contributed by atoms with Gasteiger partial charge < -0.3 is 10.1 Å². The first-order valence-electron chi connectivity index (χ1n) is 9.36. The number of anilines is 2. The van der Waals surface area contributed by atoms with Gasteiger partial charge in [0.1, 0.15) is 5.75 Å². The highest BCUT2D eigenvalue weighted by atomic mass is 32.2. The fourth-order valence-electron chi connectivity index (χ4n) is 2.90. The first kappa shape index (κ1) is 21.4. The number of ether oxygens (including phenoxy) is 1.